The van der Waals surface area contributed by atoms with Gasteiger partial charge in [-0.2, -0.15) is 9.94 Å². The van der Waals surface area contributed by atoms with Gasteiger partial charge in [0.1, 0.15) is 17.3 Å². The molecule has 9 nitrogen and oxygen atoms in total. The number of pyridine rings is 1. The molecule has 4 rings (SSSR count). The van der Waals surface area contributed by atoms with Crippen molar-refractivity contribution in [3.05, 3.63) is 89.7 Å². The maximum atomic E-state index is 13.3. The minimum atomic E-state index is -0.456. The molecule has 0 saturated heterocycles. The molecule has 9 heteroatoms. The van der Waals surface area contributed by atoms with E-state index in [4.69, 9.17) is 5.73 Å². The smallest absolute Gasteiger partial charge is 0.278 e. The Morgan fingerprint density at radius 1 is 1.03 bits per heavy atom. The Bertz CT molecular complexity index is 1380. The highest BCUT2D eigenvalue weighted by Gasteiger charge is 2.23. The molecule has 0 aliphatic carbocycles. The molecular weight excluding hydrogens is 430 g/mol. The molecule has 0 radical (unpaired) electrons. The zero-order valence-electron chi connectivity index (χ0n) is 18.6. The molecule has 168 valence electrons. The predicted octanol–water partition coefficient (Wildman–Crippen LogP) is 3.41. The van der Waals surface area contributed by atoms with Crippen molar-refractivity contribution in [3.63, 3.8) is 0 Å². The molecule has 0 saturated carbocycles. The highest BCUT2D eigenvalue weighted by molar-refractivity contribution is 6.03. The number of hydrogen-bond donors (Lipinski definition) is 2. The van der Waals surface area contributed by atoms with E-state index in [1.54, 1.807) is 42.5 Å². The van der Waals surface area contributed by atoms with Gasteiger partial charge in [0.25, 0.3) is 11.8 Å². The highest BCUT2D eigenvalue weighted by atomic mass is 16.2. The topological polar surface area (TPSA) is 130 Å². The minimum absolute atomic E-state index is 0.0261. The third-order valence-electron chi connectivity index (χ3n) is 5.16. The summed E-state index contributed by atoms with van der Waals surface area (Å²) in [6.45, 7) is 0. The standard InChI is InChI=1S/C25H21N7O2/c1-31(2)19-12-8-16(9-13-19)22-20(15-26)23(27)30-32(22)25(34)17-6-10-18(11-7-17)29-24(33)21-5-3-4-14-28-21/h3-14H,1-2H3,(H2,27,30)(H,29,33). The fourth-order valence-corrected chi connectivity index (χ4v) is 3.39. The molecule has 0 aliphatic heterocycles. The van der Waals surface area contributed by atoms with Gasteiger partial charge in [-0.3, -0.25) is 14.6 Å². The molecule has 34 heavy (non-hydrogen) atoms. The molecule has 0 atom stereocenters. The van der Waals surface area contributed by atoms with E-state index in [0.717, 1.165) is 10.4 Å². The molecule has 0 spiro atoms. The number of aromatic nitrogens is 3. The summed E-state index contributed by atoms with van der Waals surface area (Å²) in [5.41, 5.74) is 9.11. The van der Waals surface area contributed by atoms with Crippen LogP contribution in [0.2, 0.25) is 0 Å². The number of nitrogens with zero attached hydrogens (tertiary/aromatic N) is 5. The minimum Gasteiger partial charge on any atom is -0.381 e. The van der Waals surface area contributed by atoms with Crippen LogP contribution in [-0.2, 0) is 0 Å². The van der Waals surface area contributed by atoms with Crippen LogP contribution in [-0.4, -0.2) is 40.7 Å². The maximum Gasteiger partial charge on any atom is 0.278 e. The third-order valence-corrected chi connectivity index (χ3v) is 5.16. The van der Waals surface area contributed by atoms with E-state index in [2.05, 4.69) is 15.4 Å². The first kappa shape index (κ1) is 22.2. The highest BCUT2D eigenvalue weighted by Crippen LogP contribution is 2.29. The van der Waals surface area contributed by atoms with Crippen molar-refractivity contribution in [2.45, 2.75) is 0 Å². The van der Waals surface area contributed by atoms with Gasteiger partial charge in [-0.05, 0) is 48.5 Å². The lowest BCUT2D eigenvalue weighted by Gasteiger charge is -2.13. The molecule has 0 aliphatic rings. The summed E-state index contributed by atoms with van der Waals surface area (Å²) in [6, 6.07) is 20.8. The molecule has 3 N–H and O–H groups in total. The summed E-state index contributed by atoms with van der Waals surface area (Å²) in [5.74, 6) is -0.842. The van der Waals surface area contributed by atoms with E-state index in [1.165, 1.54) is 6.20 Å². The van der Waals surface area contributed by atoms with Crippen LogP contribution < -0.4 is 16.0 Å². The lowest BCUT2D eigenvalue weighted by atomic mass is 10.1. The van der Waals surface area contributed by atoms with Gasteiger partial charge < -0.3 is 16.0 Å². The van der Waals surface area contributed by atoms with Gasteiger partial charge in [0.2, 0.25) is 0 Å². The molecule has 4 aromatic rings. The van der Waals surface area contributed by atoms with Gasteiger partial charge in [-0.1, -0.05) is 18.2 Å². The van der Waals surface area contributed by atoms with E-state index in [9.17, 15) is 14.9 Å². The molecule has 0 unspecified atom stereocenters. The van der Waals surface area contributed by atoms with Crippen molar-refractivity contribution in [1.29, 1.82) is 5.26 Å². The second kappa shape index (κ2) is 9.26. The van der Waals surface area contributed by atoms with Crippen molar-refractivity contribution in [2.75, 3.05) is 30.0 Å². The summed E-state index contributed by atoms with van der Waals surface area (Å²) in [6.07, 6.45) is 1.54. The predicted molar refractivity (Wildman–Crippen MR) is 129 cm³/mol. The summed E-state index contributed by atoms with van der Waals surface area (Å²) in [4.78, 5) is 31.5. The van der Waals surface area contributed by atoms with Gasteiger partial charge in [-0.25, -0.2) is 0 Å². The van der Waals surface area contributed by atoms with Crippen LogP contribution in [0.5, 0.6) is 0 Å². The van der Waals surface area contributed by atoms with Crippen molar-refractivity contribution in [2.24, 2.45) is 0 Å². The number of nitrogens with one attached hydrogen (secondary N) is 1. The number of amides is 1. The monoisotopic (exact) mass is 451 g/mol. The van der Waals surface area contributed by atoms with Gasteiger partial charge in [0.05, 0.1) is 5.69 Å². The zero-order valence-corrected chi connectivity index (χ0v) is 18.6. The summed E-state index contributed by atoms with van der Waals surface area (Å²) in [5, 5.41) is 16.5. The van der Waals surface area contributed by atoms with E-state index in [0.29, 0.717) is 22.5 Å². The van der Waals surface area contributed by atoms with Crippen molar-refractivity contribution >= 4 is 29.0 Å². The Hall–Kier alpha value is -4.97. The Balaban J connectivity index is 1.63. The third kappa shape index (κ3) is 4.33. The Morgan fingerprint density at radius 2 is 1.74 bits per heavy atom. The normalized spacial score (nSPS) is 10.4. The molecule has 2 aromatic heterocycles. The van der Waals surface area contributed by atoms with Crippen molar-refractivity contribution in [1.82, 2.24) is 14.8 Å². The molecular formula is C25H21N7O2. The zero-order chi connectivity index (χ0) is 24.2. The summed E-state index contributed by atoms with van der Waals surface area (Å²) in [7, 11) is 3.84. The van der Waals surface area contributed by atoms with Gasteiger partial charge in [0, 0.05) is 42.8 Å². The lowest BCUT2D eigenvalue weighted by Crippen LogP contribution is -2.16. The van der Waals surface area contributed by atoms with E-state index in [1.807, 2.05) is 49.3 Å². The fraction of sp³-hybridized carbons (Fsp3) is 0.0800. The number of hydrogen-bond acceptors (Lipinski definition) is 7. The summed E-state index contributed by atoms with van der Waals surface area (Å²) >= 11 is 0. The average Bonchev–Trinajstić information content (AvgIpc) is 3.20. The first-order chi connectivity index (χ1) is 16.4. The van der Waals surface area contributed by atoms with Crippen LogP contribution in [0.25, 0.3) is 11.3 Å². The van der Waals surface area contributed by atoms with E-state index >= 15 is 0 Å². The number of carbonyl (C=O) groups excluding carboxylic acids is 2. The number of nitrogens with two attached hydrogens (primary N) is 1. The molecule has 2 aromatic carbocycles. The lowest BCUT2D eigenvalue weighted by molar-refractivity contribution is 0.0947. The molecule has 0 fully saturated rings. The van der Waals surface area contributed by atoms with Crippen LogP contribution in [0.3, 0.4) is 0 Å². The summed E-state index contributed by atoms with van der Waals surface area (Å²) < 4.78 is 1.14. The first-order valence-electron chi connectivity index (χ1n) is 10.3. The number of rotatable bonds is 5. The SMILES string of the molecule is CN(C)c1ccc(-c2c(C#N)c(N)nn2C(=O)c2ccc(NC(=O)c3ccccn3)cc2)cc1. The molecule has 2 heterocycles. The molecule has 1 amide bonds. The number of benzene rings is 2. The van der Waals surface area contributed by atoms with Gasteiger partial charge in [-0.15, -0.1) is 5.10 Å². The van der Waals surface area contributed by atoms with Crippen LogP contribution in [0.15, 0.2) is 72.9 Å². The van der Waals surface area contributed by atoms with Crippen LogP contribution in [0, 0.1) is 11.3 Å². The van der Waals surface area contributed by atoms with Crippen LogP contribution >= 0.6 is 0 Å². The number of nitriles is 1. The quantitative estimate of drug-likeness (QED) is 0.475. The second-order valence-corrected chi connectivity index (χ2v) is 7.63. The largest absolute Gasteiger partial charge is 0.381 e. The maximum absolute atomic E-state index is 13.3. The van der Waals surface area contributed by atoms with Crippen molar-refractivity contribution in [3.8, 4) is 17.3 Å². The van der Waals surface area contributed by atoms with Gasteiger partial charge >= 0.3 is 0 Å². The average molecular weight is 451 g/mol. The van der Waals surface area contributed by atoms with Gasteiger partial charge in [0.15, 0.2) is 5.82 Å². The van der Waals surface area contributed by atoms with Crippen molar-refractivity contribution < 1.29 is 9.59 Å². The first-order valence-corrected chi connectivity index (χ1v) is 10.3. The Morgan fingerprint density at radius 3 is 2.32 bits per heavy atom. The molecule has 0 bridgehead atoms. The Kier molecular flexibility index (Phi) is 6.05. The van der Waals surface area contributed by atoms with Crippen LogP contribution in [0.1, 0.15) is 26.4 Å². The second-order valence-electron chi connectivity index (χ2n) is 7.63. The van der Waals surface area contributed by atoms with E-state index < -0.39 is 5.91 Å². The fourth-order valence-electron chi connectivity index (χ4n) is 3.39. The number of nitrogen functional groups attached to an aromatic ring is 1. The van der Waals surface area contributed by atoms with E-state index in [-0.39, 0.29) is 23.0 Å². The Labute approximate surface area is 196 Å². The van der Waals surface area contributed by atoms with Crippen LogP contribution in [0.4, 0.5) is 17.2 Å². The number of carbonyl (C=O) groups is 2. The number of anilines is 3.